The maximum Gasteiger partial charge on any atom is 0.313 e. The minimum atomic E-state index is -0.518. The molecule has 0 aliphatic carbocycles. The van der Waals surface area contributed by atoms with Crippen molar-refractivity contribution < 1.29 is 23.8 Å². The Bertz CT molecular complexity index is 424. The average molecular weight is 280 g/mol. The quantitative estimate of drug-likeness (QED) is 0.509. The fourth-order valence-electron chi connectivity index (χ4n) is 1.56. The molecule has 20 heavy (non-hydrogen) atoms. The molecule has 0 spiro atoms. The van der Waals surface area contributed by atoms with Crippen molar-refractivity contribution in [2.45, 2.75) is 19.8 Å². The van der Waals surface area contributed by atoms with Gasteiger partial charge in [0.05, 0.1) is 13.2 Å². The van der Waals surface area contributed by atoms with E-state index in [4.69, 9.17) is 14.2 Å². The van der Waals surface area contributed by atoms with Gasteiger partial charge in [0, 0.05) is 7.11 Å². The lowest BCUT2D eigenvalue weighted by atomic mass is 10.1. The summed E-state index contributed by atoms with van der Waals surface area (Å²) in [5.41, 5.74) is 1.14. The Morgan fingerprint density at radius 2 is 1.85 bits per heavy atom. The maximum absolute atomic E-state index is 11.5. The summed E-state index contributed by atoms with van der Waals surface area (Å²) in [6, 6.07) is 7.43. The van der Waals surface area contributed by atoms with E-state index in [1.54, 1.807) is 26.2 Å². The van der Waals surface area contributed by atoms with Crippen molar-refractivity contribution in [1.29, 1.82) is 0 Å². The molecular weight excluding hydrogens is 260 g/mol. The van der Waals surface area contributed by atoms with Crippen LogP contribution in [0, 0.1) is 0 Å². The number of ketones is 1. The summed E-state index contributed by atoms with van der Waals surface area (Å²) in [5.74, 6) is -0.216. The lowest BCUT2D eigenvalue weighted by Gasteiger charge is -2.06. The van der Waals surface area contributed by atoms with Gasteiger partial charge in [-0.1, -0.05) is 12.1 Å². The molecule has 5 heteroatoms. The number of ether oxygens (including phenoxy) is 3. The first-order valence-electron chi connectivity index (χ1n) is 6.53. The molecule has 0 N–H and O–H groups in total. The third-order valence-electron chi connectivity index (χ3n) is 2.56. The van der Waals surface area contributed by atoms with Gasteiger partial charge >= 0.3 is 5.97 Å². The van der Waals surface area contributed by atoms with Crippen LogP contribution in [0.4, 0.5) is 0 Å². The Kier molecular flexibility index (Phi) is 7.35. The molecule has 0 aliphatic rings. The van der Waals surface area contributed by atoms with Crippen LogP contribution < -0.4 is 4.74 Å². The number of rotatable bonds is 9. The summed E-state index contributed by atoms with van der Waals surface area (Å²) in [4.78, 5) is 22.6. The number of carbonyl (C=O) groups is 2. The van der Waals surface area contributed by atoms with Crippen LogP contribution in [0.15, 0.2) is 24.3 Å². The molecule has 0 aromatic heterocycles. The highest BCUT2D eigenvalue weighted by molar-refractivity contribution is 5.96. The van der Waals surface area contributed by atoms with Crippen LogP contribution in [0.1, 0.15) is 18.9 Å². The van der Waals surface area contributed by atoms with Gasteiger partial charge in [-0.05, 0) is 31.0 Å². The van der Waals surface area contributed by atoms with Crippen molar-refractivity contribution in [3.8, 4) is 5.75 Å². The molecule has 5 nitrogen and oxygen atoms in total. The van der Waals surface area contributed by atoms with E-state index < -0.39 is 5.97 Å². The first-order valence-corrected chi connectivity index (χ1v) is 6.53. The van der Waals surface area contributed by atoms with E-state index in [1.165, 1.54) is 0 Å². The van der Waals surface area contributed by atoms with E-state index in [0.717, 1.165) is 12.0 Å². The summed E-state index contributed by atoms with van der Waals surface area (Å²) in [7, 11) is 1.66. The van der Waals surface area contributed by atoms with E-state index in [0.29, 0.717) is 12.4 Å². The second-order valence-electron chi connectivity index (χ2n) is 4.20. The Hall–Kier alpha value is -1.88. The number of esters is 1. The second-order valence-corrected chi connectivity index (χ2v) is 4.20. The van der Waals surface area contributed by atoms with Crippen molar-refractivity contribution >= 4 is 11.8 Å². The summed E-state index contributed by atoms with van der Waals surface area (Å²) in [6.45, 7) is 2.51. The molecule has 0 fully saturated rings. The van der Waals surface area contributed by atoms with Gasteiger partial charge in [-0.25, -0.2) is 0 Å². The standard InChI is InChI=1S/C15H20O5/c1-3-19-15(17)10-13(16)11-20-14-6-4-12(5-7-14)8-9-18-2/h4-7H,3,8-11H2,1-2H3. The molecule has 0 amide bonds. The number of benzene rings is 1. The molecule has 0 atom stereocenters. The summed E-state index contributed by atoms with van der Waals surface area (Å²) in [6.07, 6.45) is 0.582. The second kappa shape index (κ2) is 9.09. The van der Waals surface area contributed by atoms with E-state index in [2.05, 4.69) is 0 Å². The van der Waals surface area contributed by atoms with E-state index in [-0.39, 0.29) is 25.4 Å². The summed E-state index contributed by atoms with van der Waals surface area (Å²) < 4.78 is 15.0. The van der Waals surface area contributed by atoms with Crippen LogP contribution >= 0.6 is 0 Å². The maximum atomic E-state index is 11.5. The summed E-state index contributed by atoms with van der Waals surface area (Å²) >= 11 is 0. The number of carbonyl (C=O) groups excluding carboxylic acids is 2. The SMILES string of the molecule is CCOC(=O)CC(=O)COc1ccc(CCOC)cc1. The van der Waals surface area contributed by atoms with Crippen molar-refractivity contribution in [2.75, 3.05) is 26.9 Å². The number of methoxy groups -OCH3 is 1. The van der Waals surface area contributed by atoms with Crippen molar-refractivity contribution in [1.82, 2.24) is 0 Å². The number of hydrogen-bond donors (Lipinski definition) is 0. The first-order chi connectivity index (χ1) is 9.65. The van der Waals surface area contributed by atoms with Crippen LogP contribution in [-0.4, -0.2) is 38.7 Å². The first kappa shape index (κ1) is 16.2. The van der Waals surface area contributed by atoms with Crippen molar-refractivity contribution in [3.05, 3.63) is 29.8 Å². The van der Waals surface area contributed by atoms with Gasteiger partial charge in [-0.15, -0.1) is 0 Å². The molecule has 0 aliphatic heterocycles. The van der Waals surface area contributed by atoms with Gasteiger partial charge in [-0.2, -0.15) is 0 Å². The minimum Gasteiger partial charge on any atom is -0.486 e. The minimum absolute atomic E-state index is 0.129. The molecular formula is C15H20O5. The molecule has 0 heterocycles. The molecule has 1 aromatic rings. The molecule has 1 rings (SSSR count). The van der Waals surface area contributed by atoms with Gasteiger partial charge in [-0.3, -0.25) is 9.59 Å². The van der Waals surface area contributed by atoms with Crippen LogP contribution in [0.25, 0.3) is 0 Å². The fraction of sp³-hybridized carbons (Fsp3) is 0.467. The summed E-state index contributed by atoms with van der Waals surface area (Å²) in [5, 5.41) is 0. The van der Waals surface area contributed by atoms with Crippen molar-refractivity contribution in [2.24, 2.45) is 0 Å². The Morgan fingerprint density at radius 1 is 1.15 bits per heavy atom. The van der Waals surface area contributed by atoms with E-state index in [9.17, 15) is 9.59 Å². The van der Waals surface area contributed by atoms with Gasteiger partial charge in [0.2, 0.25) is 0 Å². The average Bonchev–Trinajstić information content (AvgIpc) is 2.44. The smallest absolute Gasteiger partial charge is 0.313 e. The predicted molar refractivity (Wildman–Crippen MR) is 73.8 cm³/mol. The fourth-order valence-corrected chi connectivity index (χ4v) is 1.56. The predicted octanol–water partition coefficient (Wildman–Crippen LogP) is 1.78. The normalized spacial score (nSPS) is 10.1. The highest BCUT2D eigenvalue weighted by Crippen LogP contribution is 2.12. The molecule has 0 bridgehead atoms. The highest BCUT2D eigenvalue weighted by atomic mass is 16.5. The molecule has 0 saturated heterocycles. The zero-order valence-corrected chi connectivity index (χ0v) is 11.9. The van der Waals surface area contributed by atoms with Gasteiger partial charge < -0.3 is 14.2 Å². The Balaban J connectivity index is 2.34. The van der Waals surface area contributed by atoms with Gasteiger partial charge in [0.15, 0.2) is 5.78 Å². The zero-order valence-electron chi connectivity index (χ0n) is 11.9. The molecule has 0 unspecified atom stereocenters. The van der Waals surface area contributed by atoms with Crippen LogP contribution in [0.3, 0.4) is 0 Å². The van der Waals surface area contributed by atoms with Crippen LogP contribution in [0.5, 0.6) is 5.75 Å². The molecule has 0 saturated carbocycles. The molecule has 0 radical (unpaired) electrons. The lowest BCUT2D eigenvalue weighted by molar-refractivity contribution is -0.145. The van der Waals surface area contributed by atoms with E-state index >= 15 is 0 Å². The Morgan fingerprint density at radius 3 is 2.45 bits per heavy atom. The monoisotopic (exact) mass is 280 g/mol. The third kappa shape index (κ3) is 6.33. The van der Waals surface area contributed by atoms with E-state index in [1.807, 2.05) is 12.1 Å². The van der Waals surface area contributed by atoms with Crippen molar-refractivity contribution in [3.63, 3.8) is 0 Å². The molecule has 110 valence electrons. The number of Topliss-reactive ketones (excluding diaryl/α,β-unsaturated/α-hetero) is 1. The van der Waals surface area contributed by atoms with Crippen LogP contribution in [-0.2, 0) is 25.5 Å². The molecule has 1 aromatic carbocycles. The Labute approximate surface area is 118 Å². The number of hydrogen-bond acceptors (Lipinski definition) is 5. The van der Waals surface area contributed by atoms with Gasteiger partial charge in [0.25, 0.3) is 0 Å². The highest BCUT2D eigenvalue weighted by Gasteiger charge is 2.10. The zero-order chi connectivity index (χ0) is 14.8. The van der Waals surface area contributed by atoms with Gasteiger partial charge in [0.1, 0.15) is 18.8 Å². The largest absolute Gasteiger partial charge is 0.486 e. The topological polar surface area (TPSA) is 61.8 Å². The van der Waals surface area contributed by atoms with Crippen LogP contribution in [0.2, 0.25) is 0 Å². The third-order valence-corrected chi connectivity index (χ3v) is 2.56. The lowest BCUT2D eigenvalue weighted by Crippen LogP contribution is -2.17.